The quantitative estimate of drug-likeness (QED) is 0.853. The minimum atomic E-state index is 0.889. The summed E-state index contributed by atoms with van der Waals surface area (Å²) in [5.41, 5.74) is 1.17. The van der Waals surface area contributed by atoms with Crippen LogP contribution in [-0.4, -0.2) is 29.6 Å². The van der Waals surface area contributed by atoms with Crippen molar-refractivity contribution in [2.45, 2.75) is 32.6 Å². The molecule has 1 saturated heterocycles. The summed E-state index contributed by atoms with van der Waals surface area (Å²) in [7, 11) is 0. The van der Waals surface area contributed by atoms with Crippen LogP contribution in [0.25, 0.3) is 0 Å². The highest BCUT2D eigenvalue weighted by Crippen LogP contribution is 2.26. The molecule has 1 fully saturated rings. The van der Waals surface area contributed by atoms with Crippen LogP contribution in [0.2, 0.25) is 0 Å². The maximum atomic E-state index is 4.50. The highest BCUT2D eigenvalue weighted by atomic mass is 15.2. The predicted octanol–water partition coefficient (Wildman–Crippen LogP) is 4.02. The fourth-order valence-electron chi connectivity index (χ4n) is 3.04. The maximum Gasteiger partial charge on any atom is 0.138 e. The highest BCUT2D eigenvalue weighted by molar-refractivity contribution is 5.62. The molecule has 2 heterocycles. The van der Waals surface area contributed by atoms with Gasteiger partial charge in [0.15, 0.2) is 0 Å². The molecule has 4 nitrogen and oxygen atoms in total. The number of hydrogen-bond acceptors (Lipinski definition) is 4. The molecule has 0 atom stereocenters. The molecule has 0 N–H and O–H groups in total. The molecule has 0 amide bonds. The molecule has 116 valence electrons. The van der Waals surface area contributed by atoms with Crippen LogP contribution < -0.4 is 9.80 Å². The highest BCUT2D eigenvalue weighted by Gasteiger charge is 2.14. The van der Waals surface area contributed by atoms with Gasteiger partial charge >= 0.3 is 0 Å². The van der Waals surface area contributed by atoms with Crippen molar-refractivity contribution in [2.75, 3.05) is 29.4 Å². The van der Waals surface area contributed by atoms with E-state index in [4.69, 9.17) is 0 Å². The van der Waals surface area contributed by atoms with E-state index in [1.165, 1.54) is 31.4 Å². The lowest BCUT2D eigenvalue weighted by Crippen LogP contribution is -2.26. The average molecular weight is 296 g/mol. The summed E-state index contributed by atoms with van der Waals surface area (Å²) in [6.45, 7) is 5.25. The van der Waals surface area contributed by atoms with Crippen molar-refractivity contribution >= 4 is 17.3 Å². The van der Waals surface area contributed by atoms with Crippen LogP contribution in [0.1, 0.15) is 32.6 Å². The summed E-state index contributed by atoms with van der Waals surface area (Å²) < 4.78 is 0. The van der Waals surface area contributed by atoms with E-state index in [9.17, 15) is 0 Å². The topological polar surface area (TPSA) is 32.3 Å². The molecule has 0 spiro atoms. The lowest BCUT2D eigenvalue weighted by Gasteiger charge is -2.25. The van der Waals surface area contributed by atoms with Gasteiger partial charge in [0.1, 0.15) is 18.0 Å². The number of anilines is 3. The number of para-hydroxylation sites is 1. The first-order valence-corrected chi connectivity index (χ1v) is 8.28. The normalized spacial score (nSPS) is 15.4. The van der Waals surface area contributed by atoms with Crippen LogP contribution in [0.5, 0.6) is 0 Å². The Morgan fingerprint density at radius 1 is 1.00 bits per heavy atom. The largest absolute Gasteiger partial charge is 0.356 e. The Hall–Kier alpha value is -2.10. The van der Waals surface area contributed by atoms with Gasteiger partial charge in [-0.15, -0.1) is 0 Å². The first-order chi connectivity index (χ1) is 10.9. The number of nitrogens with zero attached hydrogens (tertiary/aromatic N) is 4. The van der Waals surface area contributed by atoms with E-state index in [1.54, 1.807) is 6.33 Å². The summed E-state index contributed by atoms with van der Waals surface area (Å²) in [5.74, 6) is 2.03. The molecular formula is C18H24N4. The number of aromatic nitrogens is 2. The van der Waals surface area contributed by atoms with Crippen molar-refractivity contribution in [1.29, 1.82) is 0 Å². The van der Waals surface area contributed by atoms with E-state index in [0.717, 1.165) is 31.3 Å². The molecule has 0 bridgehead atoms. The Morgan fingerprint density at radius 2 is 1.73 bits per heavy atom. The van der Waals surface area contributed by atoms with Gasteiger partial charge in [0.2, 0.25) is 0 Å². The summed E-state index contributed by atoms with van der Waals surface area (Å²) in [6.07, 6.45) is 6.88. The van der Waals surface area contributed by atoms with E-state index in [1.807, 2.05) is 6.07 Å². The lowest BCUT2D eigenvalue weighted by atomic mass is 10.2. The lowest BCUT2D eigenvalue weighted by molar-refractivity contribution is 0.726. The van der Waals surface area contributed by atoms with Crippen molar-refractivity contribution in [3.8, 4) is 0 Å². The number of rotatable bonds is 4. The third-order valence-corrected chi connectivity index (χ3v) is 4.23. The molecule has 22 heavy (non-hydrogen) atoms. The first-order valence-electron chi connectivity index (χ1n) is 8.28. The monoisotopic (exact) mass is 296 g/mol. The Kier molecular flexibility index (Phi) is 4.88. The van der Waals surface area contributed by atoms with Crippen molar-refractivity contribution < 1.29 is 0 Å². The number of hydrogen-bond donors (Lipinski definition) is 0. The second-order valence-electron chi connectivity index (χ2n) is 5.72. The molecule has 2 aromatic rings. The summed E-state index contributed by atoms with van der Waals surface area (Å²) >= 11 is 0. The van der Waals surface area contributed by atoms with Crippen LogP contribution in [0.4, 0.5) is 17.3 Å². The minimum Gasteiger partial charge on any atom is -0.356 e. The van der Waals surface area contributed by atoms with Crippen LogP contribution in [0.15, 0.2) is 42.7 Å². The van der Waals surface area contributed by atoms with Crippen molar-refractivity contribution in [2.24, 2.45) is 0 Å². The van der Waals surface area contributed by atoms with Gasteiger partial charge in [-0.3, -0.25) is 0 Å². The first kappa shape index (κ1) is 14.8. The van der Waals surface area contributed by atoms with Gasteiger partial charge in [-0.25, -0.2) is 9.97 Å². The van der Waals surface area contributed by atoms with Crippen LogP contribution >= 0.6 is 0 Å². The van der Waals surface area contributed by atoms with Gasteiger partial charge in [0.25, 0.3) is 0 Å². The molecule has 1 aromatic carbocycles. The van der Waals surface area contributed by atoms with Gasteiger partial charge in [-0.05, 0) is 31.9 Å². The van der Waals surface area contributed by atoms with Crippen LogP contribution in [0.3, 0.4) is 0 Å². The molecule has 1 aliphatic rings. The SMILES string of the molecule is CCN(c1ccccc1)c1cc(N2CCCCCC2)ncn1. The molecule has 0 unspecified atom stereocenters. The molecule has 0 radical (unpaired) electrons. The third kappa shape index (κ3) is 3.38. The molecule has 0 aliphatic carbocycles. The summed E-state index contributed by atoms with van der Waals surface area (Å²) in [4.78, 5) is 13.6. The van der Waals surface area contributed by atoms with E-state index in [0.29, 0.717) is 0 Å². The van der Waals surface area contributed by atoms with E-state index < -0.39 is 0 Å². The molecule has 1 aliphatic heterocycles. The predicted molar refractivity (Wildman–Crippen MR) is 91.8 cm³/mol. The zero-order chi connectivity index (χ0) is 15.2. The van der Waals surface area contributed by atoms with Gasteiger partial charge < -0.3 is 9.80 Å². The molecule has 4 heteroatoms. The van der Waals surface area contributed by atoms with Crippen molar-refractivity contribution in [3.05, 3.63) is 42.7 Å². The Balaban J connectivity index is 1.86. The molecule has 3 rings (SSSR count). The van der Waals surface area contributed by atoms with E-state index in [-0.39, 0.29) is 0 Å². The Bertz CT molecular complexity index is 577. The number of benzene rings is 1. The zero-order valence-corrected chi connectivity index (χ0v) is 13.3. The third-order valence-electron chi connectivity index (χ3n) is 4.23. The van der Waals surface area contributed by atoms with E-state index in [2.05, 4.69) is 57.0 Å². The van der Waals surface area contributed by atoms with Crippen LogP contribution in [0, 0.1) is 0 Å². The molecule has 0 saturated carbocycles. The van der Waals surface area contributed by atoms with E-state index >= 15 is 0 Å². The molecular weight excluding hydrogens is 272 g/mol. The van der Waals surface area contributed by atoms with Crippen molar-refractivity contribution in [1.82, 2.24) is 9.97 Å². The van der Waals surface area contributed by atoms with Crippen molar-refractivity contribution in [3.63, 3.8) is 0 Å². The smallest absolute Gasteiger partial charge is 0.138 e. The van der Waals surface area contributed by atoms with Crippen LogP contribution in [-0.2, 0) is 0 Å². The summed E-state index contributed by atoms with van der Waals surface area (Å²) in [6, 6.07) is 12.5. The second-order valence-corrected chi connectivity index (χ2v) is 5.72. The second kappa shape index (κ2) is 7.25. The van der Waals surface area contributed by atoms with Gasteiger partial charge in [0.05, 0.1) is 0 Å². The average Bonchev–Trinajstić information content (AvgIpc) is 2.86. The molecule has 1 aromatic heterocycles. The fourth-order valence-corrected chi connectivity index (χ4v) is 3.04. The van der Waals surface area contributed by atoms with Gasteiger partial charge in [0, 0.05) is 31.4 Å². The fraction of sp³-hybridized carbons (Fsp3) is 0.444. The summed E-state index contributed by atoms with van der Waals surface area (Å²) in [5, 5.41) is 0. The Labute approximate surface area is 132 Å². The van der Waals surface area contributed by atoms with Gasteiger partial charge in [-0.2, -0.15) is 0 Å². The maximum absolute atomic E-state index is 4.50. The van der Waals surface area contributed by atoms with Gasteiger partial charge in [-0.1, -0.05) is 31.0 Å². The Morgan fingerprint density at radius 3 is 2.41 bits per heavy atom. The standard InChI is InChI=1S/C18H24N4/c1-2-22(16-10-6-5-7-11-16)18-14-17(19-15-20-18)21-12-8-3-4-9-13-21/h5-7,10-11,14-15H,2-4,8-9,12-13H2,1H3. The zero-order valence-electron chi connectivity index (χ0n) is 13.3. The minimum absolute atomic E-state index is 0.889.